The second kappa shape index (κ2) is 8.47. The average Bonchev–Trinajstić information content (AvgIpc) is 2.49. The molecule has 0 saturated heterocycles. The Morgan fingerprint density at radius 1 is 1.23 bits per heavy atom. The number of carbonyl (C=O) groups excluding carboxylic acids is 1. The van der Waals surface area contributed by atoms with Gasteiger partial charge in [0.1, 0.15) is 0 Å². The number of carbonyl (C=O) groups is 1. The van der Waals surface area contributed by atoms with Gasteiger partial charge in [0.25, 0.3) is 5.90 Å². The van der Waals surface area contributed by atoms with E-state index in [1.54, 1.807) is 6.21 Å². The Morgan fingerprint density at radius 2 is 1.77 bits per heavy atom. The Morgan fingerprint density at radius 3 is 2.18 bits per heavy atom. The van der Waals surface area contributed by atoms with E-state index < -0.39 is 0 Å². The summed E-state index contributed by atoms with van der Waals surface area (Å²) < 4.78 is 5.16. The fourth-order valence-corrected chi connectivity index (χ4v) is 2.30. The van der Waals surface area contributed by atoms with Crippen molar-refractivity contribution in [3.8, 4) is 0 Å². The molecule has 120 valence electrons. The minimum Gasteiger partial charge on any atom is -0.477 e. The molecule has 0 unspecified atom stereocenters. The van der Waals surface area contributed by atoms with Crippen molar-refractivity contribution >= 4 is 17.9 Å². The number of Topliss-reactive ketones (excluding diaryl/α,β-unsaturated/α-hetero) is 1. The number of methoxy groups -OCH3 is 1. The largest absolute Gasteiger partial charge is 0.477 e. The lowest BCUT2D eigenvalue weighted by atomic mass is 9.92. The summed E-state index contributed by atoms with van der Waals surface area (Å²) in [6.07, 6.45) is 3.27. The van der Waals surface area contributed by atoms with Gasteiger partial charge in [-0.3, -0.25) is 4.79 Å². The monoisotopic (exact) mass is 302 g/mol. The van der Waals surface area contributed by atoms with Crippen molar-refractivity contribution in [1.29, 1.82) is 0 Å². The van der Waals surface area contributed by atoms with Crippen LogP contribution in [0.15, 0.2) is 22.3 Å². The minimum atomic E-state index is -0.197. The zero-order chi connectivity index (χ0) is 16.7. The molecular weight excluding hydrogens is 276 g/mol. The molecule has 0 N–H and O–H groups in total. The van der Waals surface area contributed by atoms with E-state index in [-0.39, 0.29) is 17.6 Å². The maximum Gasteiger partial charge on any atom is 0.282 e. The first-order chi connectivity index (χ1) is 10.4. The third kappa shape index (κ3) is 4.52. The minimum absolute atomic E-state index is 0.0325. The number of hydrogen-bond donors (Lipinski definition) is 0. The third-order valence-electron chi connectivity index (χ3n) is 3.34. The van der Waals surface area contributed by atoms with E-state index in [0.29, 0.717) is 5.56 Å². The van der Waals surface area contributed by atoms with Gasteiger partial charge in [-0.25, -0.2) is 0 Å². The molecule has 1 aromatic rings. The SMILES string of the molecule is CCc1cc(C)cc(CC)c1C(=O)/C(=N/N=C/C(C)C)OC. The van der Waals surface area contributed by atoms with Crippen LogP contribution in [0.25, 0.3) is 0 Å². The Hall–Kier alpha value is -1.97. The number of benzene rings is 1. The zero-order valence-electron chi connectivity index (χ0n) is 14.4. The fourth-order valence-electron chi connectivity index (χ4n) is 2.30. The number of nitrogens with zero attached hydrogens (tertiary/aromatic N) is 2. The molecular formula is C18H26N2O2. The highest BCUT2D eigenvalue weighted by atomic mass is 16.5. The van der Waals surface area contributed by atoms with Crippen LogP contribution in [0.2, 0.25) is 0 Å². The van der Waals surface area contributed by atoms with Gasteiger partial charge in [-0.2, -0.15) is 5.10 Å². The molecule has 1 rings (SSSR count). The summed E-state index contributed by atoms with van der Waals surface area (Å²) >= 11 is 0. The predicted octanol–water partition coefficient (Wildman–Crippen LogP) is 3.99. The van der Waals surface area contributed by atoms with Gasteiger partial charge in [0, 0.05) is 11.8 Å². The number of ether oxygens (including phenoxy) is 1. The molecule has 0 spiro atoms. The molecule has 0 radical (unpaired) electrons. The van der Waals surface area contributed by atoms with Crippen LogP contribution >= 0.6 is 0 Å². The van der Waals surface area contributed by atoms with Gasteiger partial charge >= 0.3 is 0 Å². The molecule has 0 atom stereocenters. The van der Waals surface area contributed by atoms with Gasteiger partial charge in [-0.15, -0.1) is 5.10 Å². The quantitative estimate of drug-likeness (QED) is 0.345. The Bertz CT molecular complexity index is 562. The highest BCUT2D eigenvalue weighted by Gasteiger charge is 2.21. The topological polar surface area (TPSA) is 51.0 Å². The summed E-state index contributed by atoms with van der Waals surface area (Å²) in [4.78, 5) is 12.8. The number of aryl methyl sites for hydroxylation is 3. The fraction of sp³-hybridized carbons (Fsp3) is 0.500. The van der Waals surface area contributed by atoms with Gasteiger partial charge in [0.2, 0.25) is 5.78 Å². The van der Waals surface area contributed by atoms with Crippen LogP contribution in [0.1, 0.15) is 54.7 Å². The molecule has 0 saturated carbocycles. The van der Waals surface area contributed by atoms with Crippen molar-refractivity contribution in [3.05, 3.63) is 34.4 Å². The molecule has 0 aliphatic rings. The van der Waals surface area contributed by atoms with Crippen molar-refractivity contribution in [2.24, 2.45) is 16.1 Å². The van der Waals surface area contributed by atoms with Crippen molar-refractivity contribution in [2.45, 2.75) is 47.5 Å². The summed E-state index contributed by atoms with van der Waals surface area (Å²) in [5.74, 6) is 0.107. The van der Waals surface area contributed by atoms with E-state index >= 15 is 0 Å². The Labute approximate surface area is 133 Å². The lowest BCUT2D eigenvalue weighted by molar-refractivity contribution is 0.103. The Kier molecular flexibility index (Phi) is 6.96. The summed E-state index contributed by atoms with van der Waals surface area (Å²) in [6, 6.07) is 4.11. The van der Waals surface area contributed by atoms with Crippen LogP contribution in [-0.2, 0) is 17.6 Å². The van der Waals surface area contributed by atoms with E-state index in [4.69, 9.17) is 4.74 Å². The van der Waals surface area contributed by atoms with Crippen LogP contribution in [-0.4, -0.2) is 25.0 Å². The second-order valence-corrected chi connectivity index (χ2v) is 5.61. The highest BCUT2D eigenvalue weighted by molar-refractivity contribution is 6.43. The molecule has 4 nitrogen and oxygen atoms in total. The summed E-state index contributed by atoms with van der Waals surface area (Å²) in [5.41, 5.74) is 3.92. The first-order valence-corrected chi connectivity index (χ1v) is 7.76. The van der Waals surface area contributed by atoms with Crippen LogP contribution in [0, 0.1) is 12.8 Å². The molecule has 1 aromatic carbocycles. The van der Waals surface area contributed by atoms with E-state index in [2.05, 4.69) is 22.3 Å². The summed E-state index contributed by atoms with van der Waals surface area (Å²) in [5, 5.41) is 7.88. The van der Waals surface area contributed by atoms with Crippen LogP contribution < -0.4 is 0 Å². The third-order valence-corrected chi connectivity index (χ3v) is 3.34. The maximum atomic E-state index is 12.8. The average molecular weight is 302 g/mol. The lowest BCUT2D eigenvalue weighted by Gasteiger charge is -2.13. The molecule has 0 aromatic heterocycles. The van der Waals surface area contributed by atoms with Gasteiger partial charge in [-0.05, 0) is 36.8 Å². The normalized spacial score (nSPS) is 12.2. The van der Waals surface area contributed by atoms with E-state index in [0.717, 1.165) is 24.0 Å². The second-order valence-electron chi connectivity index (χ2n) is 5.61. The molecule has 0 bridgehead atoms. The van der Waals surface area contributed by atoms with Crippen LogP contribution in [0.4, 0.5) is 0 Å². The first-order valence-electron chi connectivity index (χ1n) is 7.76. The summed E-state index contributed by atoms with van der Waals surface area (Å²) in [7, 11) is 1.45. The molecule has 4 heteroatoms. The molecule has 0 heterocycles. The number of ketones is 1. The smallest absolute Gasteiger partial charge is 0.282 e. The van der Waals surface area contributed by atoms with E-state index in [1.807, 2.05) is 34.6 Å². The van der Waals surface area contributed by atoms with Crippen molar-refractivity contribution < 1.29 is 9.53 Å². The van der Waals surface area contributed by atoms with Crippen molar-refractivity contribution in [3.63, 3.8) is 0 Å². The molecule has 22 heavy (non-hydrogen) atoms. The van der Waals surface area contributed by atoms with E-state index in [1.165, 1.54) is 12.7 Å². The van der Waals surface area contributed by atoms with Crippen molar-refractivity contribution in [2.75, 3.05) is 7.11 Å². The zero-order valence-corrected chi connectivity index (χ0v) is 14.4. The van der Waals surface area contributed by atoms with Crippen LogP contribution in [0.3, 0.4) is 0 Å². The number of rotatable bonds is 6. The standard InChI is InChI=1S/C18H26N2O2/c1-7-14-9-13(5)10-15(8-2)16(14)17(21)18(22-6)20-19-11-12(3)4/h9-12H,7-8H2,1-6H3/b19-11+,20-18-. The van der Waals surface area contributed by atoms with Gasteiger partial charge in [0.15, 0.2) is 0 Å². The highest BCUT2D eigenvalue weighted by Crippen LogP contribution is 2.20. The summed E-state index contributed by atoms with van der Waals surface area (Å²) in [6.45, 7) is 10.1. The number of hydrogen-bond acceptors (Lipinski definition) is 4. The molecule has 0 aliphatic carbocycles. The predicted molar refractivity (Wildman–Crippen MR) is 92.0 cm³/mol. The molecule has 0 fully saturated rings. The van der Waals surface area contributed by atoms with Gasteiger partial charge in [-0.1, -0.05) is 45.4 Å². The first kappa shape index (κ1) is 18.1. The van der Waals surface area contributed by atoms with E-state index in [9.17, 15) is 4.79 Å². The lowest BCUT2D eigenvalue weighted by Crippen LogP contribution is -2.20. The van der Waals surface area contributed by atoms with Crippen molar-refractivity contribution in [1.82, 2.24) is 0 Å². The van der Waals surface area contributed by atoms with Crippen LogP contribution in [0.5, 0.6) is 0 Å². The molecule has 0 aliphatic heterocycles. The van der Waals surface area contributed by atoms with Gasteiger partial charge < -0.3 is 4.74 Å². The Balaban J connectivity index is 3.30. The molecule has 0 amide bonds. The van der Waals surface area contributed by atoms with Gasteiger partial charge in [0.05, 0.1) is 7.11 Å². The maximum absolute atomic E-state index is 12.8.